The maximum atomic E-state index is 12.6. The first-order chi connectivity index (χ1) is 9.70. The summed E-state index contributed by atoms with van der Waals surface area (Å²) in [6, 6.07) is 4.62. The quantitative estimate of drug-likeness (QED) is 0.906. The van der Waals surface area contributed by atoms with Gasteiger partial charge in [0.05, 0.1) is 4.90 Å². The van der Waals surface area contributed by atoms with E-state index in [-0.39, 0.29) is 16.8 Å². The molecule has 0 aliphatic carbocycles. The molecule has 1 heterocycles. The molecule has 0 radical (unpaired) electrons. The lowest BCUT2D eigenvalue weighted by Crippen LogP contribution is -2.44. The first-order valence-electron chi connectivity index (χ1n) is 7.14. The second kappa shape index (κ2) is 5.77. The second-order valence-electron chi connectivity index (χ2n) is 6.00. The van der Waals surface area contributed by atoms with Gasteiger partial charge in [0.2, 0.25) is 10.0 Å². The summed E-state index contributed by atoms with van der Waals surface area (Å²) in [5.74, 6) is 0.600. The topological polar surface area (TPSA) is 80.5 Å². The molecule has 116 valence electrons. The fourth-order valence-electron chi connectivity index (χ4n) is 2.92. The van der Waals surface area contributed by atoms with Crippen LogP contribution in [0.2, 0.25) is 0 Å². The van der Waals surface area contributed by atoms with Crippen molar-refractivity contribution < 1.29 is 13.2 Å². The van der Waals surface area contributed by atoms with Gasteiger partial charge < -0.3 is 4.90 Å². The van der Waals surface area contributed by atoms with Crippen molar-refractivity contribution in [3.05, 3.63) is 29.3 Å². The Labute approximate surface area is 126 Å². The number of benzene rings is 1. The number of carbonyl (C=O) groups is 1. The molecule has 0 saturated carbocycles. The molecule has 1 aliphatic rings. The molecule has 0 spiro atoms. The lowest BCUT2D eigenvalue weighted by Gasteiger charge is -2.36. The van der Waals surface area contributed by atoms with E-state index in [0.717, 1.165) is 19.4 Å². The van der Waals surface area contributed by atoms with E-state index in [4.69, 9.17) is 5.14 Å². The van der Waals surface area contributed by atoms with Crippen molar-refractivity contribution >= 4 is 15.9 Å². The Kier molecular flexibility index (Phi) is 4.39. The Hall–Kier alpha value is -1.40. The molecular formula is C15H22N2O3S. The van der Waals surface area contributed by atoms with E-state index in [1.165, 1.54) is 12.1 Å². The third kappa shape index (κ3) is 3.44. The number of hydrogen-bond donors (Lipinski definition) is 1. The van der Waals surface area contributed by atoms with Crippen LogP contribution in [0.1, 0.15) is 42.6 Å². The van der Waals surface area contributed by atoms with Crippen molar-refractivity contribution in [1.29, 1.82) is 0 Å². The molecule has 1 fully saturated rings. The van der Waals surface area contributed by atoms with Crippen LogP contribution in [0, 0.1) is 12.8 Å². The maximum Gasteiger partial charge on any atom is 0.254 e. The minimum absolute atomic E-state index is 0.0344. The number of aryl methyl sites for hydroxylation is 1. The lowest BCUT2D eigenvalue weighted by molar-refractivity contribution is 0.0588. The minimum atomic E-state index is -3.74. The summed E-state index contributed by atoms with van der Waals surface area (Å²) < 4.78 is 22.7. The minimum Gasteiger partial charge on any atom is -0.336 e. The van der Waals surface area contributed by atoms with Crippen molar-refractivity contribution in [1.82, 2.24) is 4.90 Å². The molecule has 21 heavy (non-hydrogen) atoms. The lowest BCUT2D eigenvalue weighted by atomic mass is 9.92. The molecule has 2 N–H and O–H groups in total. The molecule has 1 aromatic rings. The Bertz CT molecular complexity index is 655. The first-order valence-corrected chi connectivity index (χ1v) is 8.69. The highest BCUT2D eigenvalue weighted by molar-refractivity contribution is 7.89. The molecule has 0 aromatic heterocycles. The summed E-state index contributed by atoms with van der Waals surface area (Å²) in [7, 11) is -3.74. The number of nitrogens with two attached hydrogens (primary N) is 1. The van der Waals surface area contributed by atoms with Crippen LogP contribution in [-0.2, 0) is 10.0 Å². The maximum absolute atomic E-state index is 12.6. The van der Waals surface area contributed by atoms with E-state index in [2.05, 4.69) is 13.8 Å². The average molecular weight is 310 g/mol. The number of piperidine rings is 1. The predicted molar refractivity (Wildman–Crippen MR) is 81.4 cm³/mol. The SMILES string of the molecule is Cc1cc(S(N)(=O)=O)ccc1C(=O)N1CCC(C)CC1C. The summed E-state index contributed by atoms with van der Waals surface area (Å²) in [5.41, 5.74) is 1.18. The van der Waals surface area contributed by atoms with Crippen LogP contribution < -0.4 is 5.14 Å². The molecule has 1 saturated heterocycles. The molecule has 2 atom stereocenters. The fourth-order valence-corrected chi connectivity index (χ4v) is 3.52. The number of likely N-dealkylation sites (tertiary alicyclic amines) is 1. The van der Waals surface area contributed by atoms with Gasteiger partial charge in [-0.25, -0.2) is 13.6 Å². The second-order valence-corrected chi connectivity index (χ2v) is 7.56. The monoisotopic (exact) mass is 310 g/mol. The van der Waals surface area contributed by atoms with Crippen molar-refractivity contribution in [3.8, 4) is 0 Å². The van der Waals surface area contributed by atoms with Crippen LogP contribution >= 0.6 is 0 Å². The fraction of sp³-hybridized carbons (Fsp3) is 0.533. The zero-order valence-corrected chi connectivity index (χ0v) is 13.5. The highest BCUT2D eigenvalue weighted by atomic mass is 32.2. The molecule has 1 aromatic carbocycles. The van der Waals surface area contributed by atoms with Crippen LogP contribution in [0.4, 0.5) is 0 Å². The molecule has 1 amide bonds. The van der Waals surface area contributed by atoms with Gasteiger partial charge in [0.1, 0.15) is 0 Å². The summed E-state index contributed by atoms with van der Waals surface area (Å²) in [6.07, 6.45) is 2.00. The summed E-state index contributed by atoms with van der Waals surface area (Å²) in [4.78, 5) is 14.6. The van der Waals surface area contributed by atoms with Crippen LogP contribution in [-0.4, -0.2) is 31.8 Å². The van der Waals surface area contributed by atoms with Crippen molar-refractivity contribution in [2.45, 2.75) is 44.6 Å². The van der Waals surface area contributed by atoms with Gasteiger partial charge in [0.25, 0.3) is 5.91 Å². The molecule has 5 nitrogen and oxygen atoms in total. The molecule has 0 bridgehead atoms. The van der Waals surface area contributed by atoms with Gasteiger partial charge in [-0.3, -0.25) is 4.79 Å². The summed E-state index contributed by atoms with van der Waals surface area (Å²) in [6.45, 7) is 6.74. The van der Waals surface area contributed by atoms with Gasteiger partial charge in [-0.05, 0) is 56.4 Å². The first kappa shape index (κ1) is 16.0. The number of rotatable bonds is 2. The average Bonchev–Trinajstić information content (AvgIpc) is 2.36. The van der Waals surface area contributed by atoms with Gasteiger partial charge in [-0.15, -0.1) is 0 Å². The van der Waals surface area contributed by atoms with Crippen LogP contribution in [0.5, 0.6) is 0 Å². The number of sulfonamides is 1. The number of primary sulfonamides is 1. The van der Waals surface area contributed by atoms with Crippen molar-refractivity contribution in [2.24, 2.45) is 11.1 Å². The smallest absolute Gasteiger partial charge is 0.254 e. The van der Waals surface area contributed by atoms with E-state index >= 15 is 0 Å². The summed E-state index contributed by atoms with van der Waals surface area (Å²) >= 11 is 0. The number of hydrogen-bond acceptors (Lipinski definition) is 3. The third-order valence-electron chi connectivity index (χ3n) is 4.16. The zero-order chi connectivity index (χ0) is 15.8. The van der Waals surface area contributed by atoms with E-state index in [9.17, 15) is 13.2 Å². The molecule has 2 rings (SSSR count). The van der Waals surface area contributed by atoms with E-state index in [1.807, 2.05) is 4.90 Å². The standard InChI is InChI=1S/C15H22N2O3S/c1-10-6-7-17(12(3)8-10)15(18)14-5-4-13(9-11(14)2)21(16,19)20/h4-5,9-10,12H,6-8H2,1-3H3,(H2,16,19,20). The highest BCUT2D eigenvalue weighted by Crippen LogP contribution is 2.25. The third-order valence-corrected chi connectivity index (χ3v) is 5.07. The van der Waals surface area contributed by atoms with Gasteiger partial charge >= 0.3 is 0 Å². The van der Waals surface area contributed by atoms with Crippen molar-refractivity contribution in [2.75, 3.05) is 6.54 Å². The highest BCUT2D eigenvalue weighted by Gasteiger charge is 2.28. The van der Waals surface area contributed by atoms with E-state index in [1.54, 1.807) is 13.0 Å². The molecule has 1 aliphatic heterocycles. The molecule has 2 unspecified atom stereocenters. The van der Waals surface area contributed by atoms with Gasteiger partial charge in [-0.2, -0.15) is 0 Å². The van der Waals surface area contributed by atoms with Crippen molar-refractivity contribution in [3.63, 3.8) is 0 Å². The Morgan fingerprint density at radius 2 is 2.00 bits per heavy atom. The van der Waals surface area contributed by atoms with E-state index in [0.29, 0.717) is 17.0 Å². The predicted octanol–water partition coefficient (Wildman–Crippen LogP) is 1.90. The van der Waals surface area contributed by atoms with E-state index < -0.39 is 10.0 Å². The number of amides is 1. The van der Waals surface area contributed by atoms with Gasteiger partial charge in [-0.1, -0.05) is 6.92 Å². The van der Waals surface area contributed by atoms with Crippen LogP contribution in [0.15, 0.2) is 23.1 Å². The number of carbonyl (C=O) groups excluding carboxylic acids is 1. The molecule has 6 heteroatoms. The Morgan fingerprint density at radius 1 is 1.33 bits per heavy atom. The summed E-state index contributed by atoms with van der Waals surface area (Å²) in [5, 5.41) is 5.11. The number of nitrogens with zero attached hydrogens (tertiary/aromatic N) is 1. The van der Waals surface area contributed by atoms with Crippen LogP contribution in [0.25, 0.3) is 0 Å². The molecular weight excluding hydrogens is 288 g/mol. The normalized spacial score (nSPS) is 23.1. The Balaban J connectivity index is 2.28. The zero-order valence-electron chi connectivity index (χ0n) is 12.7. The largest absolute Gasteiger partial charge is 0.336 e. The Morgan fingerprint density at radius 3 is 2.52 bits per heavy atom. The van der Waals surface area contributed by atoms with Crippen LogP contribution in [0.3, 0.4) is 0 Å². The van der Waals surface area contributed by atoms with Gasteiger partial charge in [0, 0.05) is 18.2 Å². The van der Waals surface area contributed by atoms with Gasteiger partial charge in [0.15, 0.2) is 0 Å².